The zero-order chi connectivity index (χ0) is 15.4. The first kappa shape index (κ1) is 15.5. The number of amides is 1. The van der Waals surface area contributed by atoms with E-state index in [0.29, 0.717) is 15.6 Å². The summed E-state index contributed by atoms with van der Waals surface area (Å²) in [6.45, 7) is 3.38. The second kappa shape index (κ2) is 6.74. The number of aryl methyl sites for hydroxylation is 1. The molecule has 4 nitrogen and oxygen atoms in total. The fraction of sp³-hybridized carbons (Fsp3) is 0.200. The quantitative estimate of drug-likeness (QED) is 0.868. The molecular weight excluding hydrogens is 310 g/mol. The Bertz CT molecular complexity index is 655. The molecule has 0 spiro atoms. The van der Waals surface area contributed by atoms with Crippen molar-refractivity contribution >= 4 is 40.5 Å². The fourth-order valence-corrected chi connectivity index (χ4v) is 2.41. The van der Waals surface area contributed by atoms with Gasteiger partial charge in [0.25, 0.3) is 5.91 Å². The second-order valence-corrected chi connectivity index (χ2v) is 5.86. The number of benzene rings is 1. The van der Waals surface area contributed by atoms with Crippen molar-refractivity contribution in [2.75, 3.05) is 5.32 Å². The van der Waals surface area contributed by atoms with Crippen LogP contribution in [-0.2, 0) is 9.53 Å². The first-order chi connectivity index (χ1) is 9.97. The molecule has 2 rings (SSSR count). The normalized spacial score (nSPS) is 11.8. The molecule has 1 aromatic heterocycles. The van der Waals surface area contributed by atoms with E-state index >= 15 is 0 Å². The van der Waals surface area contributed by atoms with Gasteiger partial charge in [-0.15, -0.1) is 11.3 Å². The van der Waals surface area contributed by atoms with Crippen molar-refractivity contribution in [1.82, 2.24) is 0 Å². The summed E-state index contributed by atoms with van der Waals surface area (Å²) in [7, 11) is 0. The minimum atomic E-state index is -0.891. The van der Waals surface area contributed by atoms with E-state index in [0.717, 1.165) is 5.56 Å². The molecule has 1 aromatic carbocycles. The van der Waals surface area contributed by atoms with Crippen molar-refractivity contribution in [2.45, 2.75) is 20.0 Å². The Balaban J connectivity index is 1.99. The lowest BCUT2D eigenvalue weighted by Gasteiger charge is -2.14. The van der Waals surface area contributed by atoms with Crippen LogP contribution in [0, 0.1) is 6.92 Å². The molecule has 21 heavy (non-hydrogen) atoms. The van der Waals surface area contributed by atoms with Gasteiger partial charge in [-0.25, -0.2) is 4.79 Å². The first-order valence-electron chi connectivity index (χ1n) is 6.29. The number of halogens is 1. The predicted molar refractivity (Wildman–Crippen MR) is 84.0 cm³/mol. The van der Waals surface area contributed by atoms with Crippen LogP contribution in [0.25, 0.3) is 0 Å². The van der Waals surface area contributed by atoms with E-state index in [2.05, 4.69) is 5.32 Å². The Labute approximate surface area is 131 Å². The molecule has 0 saturated heterocycles. The molecule has 0 aliphatic rings. The number of hydrogen-bond acceptors (Lipinski definition) is 4. The summed E-state index contributed by atoms with van der Waals surface area (Å²) >= 11 is 7.17. The molecule has 1 atom stereocenters. The van der Waals surface area contributed by atoms with Gasteiger partial charge in [-0.2, -0.15) is 0 Å². The SMILES string of the molecule is Cc1ccc(Cl)cc1NC(=O)[C@@H](C)OC(=O)c1cccs1. The number of anilines is 1. The Morgan fingerprint density at radius 3 is 2.76 bits per heavy atom. The van der Waals surface area contributed by atoms with Crippen molar-refractivity contribution in [3.8, 4) is 0 Å². The van der Waals surface area contributed by atoms with Crippen LogP contribution in [-0.4, -0.2) is 18.0 Å². The first-order valence-corrected chi connectivity index (χ1v) is 7.54. The fourth-order valence-electron chi connectivity index (χ4n) is 1.63. The monoisotopic (exact) mass is 323 g/mol. The molecule has 0 radical (unpaired) electrons. The van der Waals surface area contributed by atoms with Gasteiger partial charge in [0.2, 0.25) is 0 Å². The molecular formula is C15H14ClNO3S. The highest BCUT2D eigenvalue weighted by Crippen LogP contribution is 2.20. The lowest BCUT2D eigenvalue weighted by Crippen LogP contribution is -2.30. The second-order valence-electron chi connectivity index (χ2n) is 4.47. The summed E-state index contributed by atoms with van der Waals surface area (Å²) in [6, 6.07) is 8.61. The minimum Gasteiger partial charge on any atom is -0.448 e. The van der Waals surface area contributed by atoms with E-state index in [1.807, 2.05) is 6.92 Å². The average Bonchev–Trinajstić information content (AvgIpc) is 2.97. The van der Waals surface area contributed by atoms with Gasteiger partial charge in [-0.05, 0) is 43.0 Å². The zero-order valence-electron chi connectivity index (χ0n) is 11.6. The number of rotatable bonds is 4. The summed E-state index contributed by atoms with van der Waals surface area (Å²) in [6.07, 6.45) is -0.891. The van der Waals surface area contributed by atoms with E-state index in [-0.39, 0.29) is 0 Å². The highest BCUT2D eigenvalue weighted by molar-refractivity contribution is 7.11. The topological polar surface area (TPSA) is 55.4 Å². The molecule has 0 saturated carbocycles. The van der Waals surface area contributed by atoms with Gasteiger partial charge in [-0.1, -0.05) is 23.7 Å². The Morgan fingerprint density at radius 1 is 1.33 bits per heavy atom. The number of hydrogen-bond donors (Lipinski definition) is 1. The maximum absolute atomic E-state index is 12.1. The van der Waals surface area contributed by atoms with Crippen LogP contribution in [0.1, 0.15) is 22.2 Å². The Kier molecular flexibility index (Phi) is 4.98. The molecule has 0 aliphatic heterocycles. The largest absolute Gasteiger partial charge is 0.448 e. The van der Waals surface area contributed by atoms with Gasteiger partial charge in [0.1, 0.15) is 4.88 Å². The van der Waals surface area contributed by atoms with Crippen molar-refractivity contribution in [3.63, 3.8) is 0 Å². The third kappa shape index (κ3) is 4.06. The summed E-state index contributed by atoms with van der Waals surface area (Å²) in [4.78, 5) is 24.3. The van der Waals surface area contributed by atoms with Crippen LogP contribution >= 0.6 is 22.9 Å². The molecule has 6 heteroatoms. The third-order valence-corrected chi connectivity index (χ3v) is 3.92. The molecule has 0 unspecified atom stereocenters. The smallest absolute Gasteiger partial charge is 0.349 e. The molecule has 0 fully saturated rings. The maximum Gasteiger partial charge on any atom is 0.349 e. The maximum atomic E-state index is 12.1. The van der Waals surface area contributed by atoms with E-state index < -0.39 is 18.0 Å². The van der Waals surface area contributed by atoms with Gasteiger partial charge >= 0.3 is 5.97 Å². The summed E-state index contributed by atoms with van der Waals surface area (Å²) < 4.78 is 5.13. The zero-order valence-corrected chi connectivity index (χ0v) is 13.1. The number of esters is 1. The Morgan fingerprint density at radius 2 is 2.10 bits per heavy atom. The number of carbonyl (C=O) groups is 2. The highest BCUT2D eigenvalue weighted by atomic mass is 35.5. The molecule has 1 amide bonds. The van der Waals surface area contributed by atoms with Crippen LogP contribution in [0.15, 0.2) is 35.7 Å². The third-order valence-electron chi connectivity index (χ3n) is 2.83. The van der Waals surface area contributed by atoms with Crippen molar-refractivity contribution in [1.29, 1.82) is 0 Å². The van der Waals surface area contributed by atoms with E-state index in [4.69, 9.17) is 16.3 Å². The van der Waals surface area contributed by atoms with Gasteiger partial charge in [-0.3, -0.25) is 4.79 Å². The van der Waals surface area contributed by atoms with Crippen LogP contribution < -0.4 is 5.32 Å². The van der Waals surface area contributed by atoms with Crippen LogP contribution in [0.2, 0.25) is 5.02 Å². The van der Waals surface area contributed by atoms with Crippen molar-refractivity contribution < 1.29 is 14.3 Å². The van der Waals surface area contributed by atoms with E-state index in [1.165, 1.54) is 18.3 Å². The number of carbonyl (C=O) groups excluding carboxylic acids is 2. The molecule has 2 aromatic rings. The predicted octanol–water partition coefficient (Wildman–Crippen LogP) is 3.89. The molecule has 1 N–H and O–H groups in total. The summed E-state index contributed by atoms with van der Waals surface area (Å²) in [5.74, 6) is -0.902. The van der Waals surface area contributed by atoms with Gasteiger partial charge in [0.15, 0.2) is 6.10 Å². The number of thiophene rings is 1. The molecule has 0 bridgehead atoms. The summed E-state index contributed by atoms with van der Waals surface area (Å²) in [5.41, 5.74) is 1.48. The van der Waals surface area contributed by atoms with Gasteiger partial charge < -0.3 is 10.1 Å². The van der Waals surface area contributed by atoms with E-state index in [9.17, 15) is 9.59 Å². The molecule has 0 aliphatic carbocycles. The van der Waals surface area contributed by atoms with Gasteiger partial charge in [0, 0.05) is 10.7 Å². The van der Waals surface area contributed by atoms with Crippen molar-refractivity contribution in [3.05, 3.63) is 51.2 Å². The number of nitrogens with one attached hydrogen (secondary N) is 1. The number of ether oxygens (including phenoxy) is 1. The van der Waals surface area contributed by atoms with Crippen LogP contribution in [0.3, 0.4) is 0 Å². The van der Waals surface area contributed by atoms with Crippen LogP contribution in [0.5, 0.6) is 0 Å². The van der Waals surface area contributed by atoms with Crippen molar-refractivity contribution in [2.24, 2.45) is 0 Å². The minimum absolute atomic E-state index is 0.398. The molecule has 110 valence electrons. The lowest BCUT2D eigenvalue weighted by molar-refractivity contribution is -0.123. The average molecular weight is 324 g/mol. The highest BCUT2D eigenvalue weighted by Gasteiger charge is 2.20. The Hall–Kier alpha value is -1.85. The van der Waals surface area contributed by atoms with E-state index in [1.54, 1.807) is 35.7 Å². The summed E-state index contributed by atoms with van der Waals surface area (Å²) in [5, 5.41) is 5.01. The molecule has 1 heterocycles. The lowest BCUT2D eigenvalue weighted by atomic mass is 10.2. The van der Waals surface area contributed by atoms with Gasteiger partial charge in [0.05, 0.1) is 0 Å². The van der Waals surface area contributed by atoms with Crippen LogP contribution in [0.4, 0.5) is 5.69 Å². The standard InChI is InChI=1S/C15H14ClNO3S/c1-9-5-6-11(16)8-12(9)17-14(18)10(2)20-15(19)13-4-3-7-21-13/h3-8,10H,1-2H3,(H,17,18)/t10-/m1/s1.